The molecule has 0 spiro atoms. The van der Waals surface area contributed by atoms with E-state index in [-0.39, 0.29) is 11.0 Å². The maximum Gasteiger partial charge on any atom is 0.157 e. The Labute approximate surface area is 187 Å². The van der Waals surface area contributed by atoms with Crippen molar-refractivity contribution < 1.29 is 0 Å². The summed E-state index contributed by atoms with van der Waals surface area (Å²) in [5.74, 6) is 3.73. The second-order valence-electron chi connectivity index (χ2n) is 9.63. The zero-order chi connectivity index (χ0) is 22.2. The number of terminal acetylenes is 1. The first kappa shape index (κ1) is 21.1. The molecule has 1 aliphatic heterocycles. The Morgan fingerprint density at radius 2 is 1.84 bits per heavy atom. The molecule has 0 saturated carbocycles. The number of pyridine rings is 1. The van der Waals surface area contributed by atoms with Crippen LogP contribution in [0.3, 0.4) is 0 Å². The van der Waals surface area contributed by atoms with E-state index in [4.69, 9.17) is 11.4 Å². The summed E-state index contributed by atoms with van der Waals surface area (Å²) in [6.45, 7) is 11.2. The van der Waals surface area contributed by atoms with Crippen LogP contribution < -0.4 is 5.32 Å². The quantitative estimate of drug-likeness (QED) is 0.349. The Bertz CT molecular complexity index is 1250. The molecule has 0 saturated heterocycles. The van der Waals surface area contributed by atoms with Gasteiger partial charge in [-0.1, -0.05) is 26.7 Å². The minimum Gasteiger partial charge on any atom is -0.364 e. The number of aromatic nitrogens is 4. The summed E-state index contributed by atoms with van der Waals surface area (Å²) in [6.07, 6.45) is 15.9. The molecular weight excluding hydrogens is 402 g/mol. The van der Waals surface area contributed by atoms with Gasteiger partial charge in [-0.25, -0.2) is 4.98 Å². The Hall–Kier alpha value is -3.17. The molecule has 158 valence electrons. The molecule has 0 aromatic carbocycles. The van der Waals surface area contributed by atoms with Gasteiger partial charge < -0.3 is 5.32 Å². The van der Waals surface area contributed by atoms with Crippen LogP contribution in [-0.2, 0) is 0 Å². The van der Waals surface area contributed by atoms with E-state index in [0.29, 0.717) is 0 Å². The topological polar surface area (TPSA) is 55.1 Å². The van der Waals surface area contributed by atoms with Crippen molar-refractivity contribution in [2.45, 2.75) is 46.6 Å². The van der Waals surface area contributed by atoms with Crippen molar-refractivity contribution in [2.24, 2.45) is 5.41 Å². The number of hydrogen-bond donors (Lipinski definition) is 1. The maximum absolute atomic E-state index is 5.68. The van der Waals surface area contributed by atoms with Gasteiger partial charge in [-0.05, 0) is 43.2 Å². The zero-order valence-corrected chi connectivity index (χ0v) is 19.4. The highest BCUT2D eigenvalue weighted by molar-refractivity contribution is 7.13. The minimum atomic E-state index is -0.0974. The van der Waals surface area contributed by atoms with E-state index in [1.807, 2.05) is 34.4 Å². The molecule has 4 heterocycles. The van der Waals surface area contributed by atoms with Crippen LogP contribution in [0.1, 0.15) is 46.6 Å². The second-order valence-corrected chi connectivity index (χ2v) is 10.5. The molecule has 3 aromatic heterocycles. The Morgan fingerprint density at radius 3 is 2.42 bits per heavy atom. The molecule has 6 heteroatoms. The molecule has 0 fully saturated rings. The average molecular weight is 430 g/mol. The number of rotatable bonds is 4. The minimum absolute atomic E-state index is 0.0974. The lowest BCUT2D eigenvalue weighted by Gasteiger charge is -2.34. The predicted octanol–water partition coefficient (Wildman–Crippen LogP) is 6.13. The van der Waals surface area contributed by atoms with Crippen LogP contribution >= 0.6 is 11.3 Å². The highest BCUT2D eigenvalue weighted by Gasteiger charge is 2.28. The number of nitrogens with one attached hydrogen (secondary N) is 1. The fraction of sp³-hybridized carbons (Fsp3) is 0.320. The monoisotopic (exact) mass is 429 g/mol. The molecule has 31 heavy (non-hydrogen) atoms. The van der Waals surface area contributed by atoms with E-state index < -0.39 is 0 Å². The first-order chi connectivity index (χ1) is 14.7. The highest BCUT2D eigenvalue weighted by atomic mass is 32.1. The van der Waals surface area contributed by atoms with Gasteiger partial charge in [-0.15, -0.1) is 17.8 Å². The van der Waals surface area contributed by atoms with E-state index in [0.717, 1.165) is 34.0 Å². The van der Waals surface area contributed by atoms with Crippen molar-refractivity contribution in [3.05, 3.63) is 54.1 Å². The van der Waals surface area contributed by atoms with E-state index in [2.05, 4.69) is 61.9 Å². The third kappa shape index (κ3) is 4.78. The van der Waals surface area contributed by atoms with E-state index >= 15 is 0 Å². The summed E-state index contributed by atoms with van der Waals surface area (Å²) in [7, 11) is 0. The smallest absolute Gasteiger partial charge is 0.157 e. The molecule has 0 unspecified atom stereocenters. The third-order valence-electron chi connectivity index (χ3n) is 4.88. The van der Waals surface area contributed by atoms with Gasteiger partial charge in [0, 0.05) is 47.0 Å². The van der Waals surface area contributed by atoms with Crippen LogP contribution in [0.4, 0.5) is 5.82 Å². The molecule has 1 aliphatic carbocycles. The molecule has 0 amide bonds. The lowest BCUT2D eigenvalue weighted by atomic mass is 9.82. The van der Waals surface area contributed by atoms with Crippen molar-refractivity contribution in [1.82, 2.24) is 19.4 Å². The molecule has 5 rings (SSSR count). The number of imidazole rings is 1. The third-order valence-corrected chi connectivity index (χ3v) is 5.80. The van der Waals surface area contributed by atoms with Crippen molar-refractivity contribution in [3.63, 3.8) is 0 Å². The van der Waals surface area contributed by atoms with Gasteiger partial charge in [0.1, 0.15) is 11.5 Å². The maximum atomic E-state index is 5.68. The summed E-state index contributed by atoms with van der Waals surface area (Å²) < 4.78 is 2.05. The van der Waals surface area contributed by atoms with Gasteiger partial charge in [0.2, 0.25) is 0 Å². The lowest BCUT2D eigenvalue weighted by molar-refractivity contribution is 0.302. The van der Waals surface area contributed by atoms with Crippen LogP contribution in [0.15, 0.2) is 48.5 Å². The van der Waals surface area contributed by atoms with E-state index in [9.17, 15) is 0 Å². The summed E-state index contributed by atoms with van der Waals surface area (Å²) in [5.41, 5.74) is 5.31. The number of hydrogen-bond acceptors (Lipinski definition) is 5. The van der Waals surface area contributed by atoms with Gasteiger partial charge >= 0.3 is 0 Å². The van der Waals surface area contributed by atoms with E-state index in [1.54, 1.807) is 23.7 Å². The molecule has 0 atom stereocenters. The van der Waals surface area contributed by atoms with Crippen LogP contribution in [0.5, 0.6) is 0 Å². The summed E-state index contributed by atoms with van der Waals surface area (Å²) >= 11 is 1.62. The Balaban J connectivity index is 0.000000325. The highest BCUT2D eigenvalue weighted by Crippen LogP contribution is 2.37. The predicted molar refractivity (Wildman–Crippen MR) is 129 cm³/mol. The lowest BCUT2D eigenvalue weighted by Crippen LogP contribution is -2.36. The normalized spacial score (nSPS) is 12.1. The fourth-order valence-corrected chi connectivity index (χ4v) is 4.88. The molecular formula is C25H27N5S. The largest absolute Gasteiger partial charge is 0.364 e. The number of fused-ring (bicyclic) bond motifs is 2. The van der Waals surface area contributed by atoms with Crippen LogP contribution in [0.25, 0.3) is 27.3 Å². The van der Waals surface area contributed by atoms with Gasteiger partial charge in [0.15, 0.2) is 5.65 Å². The second kappa shape index (κ2) is 7.82. The molecule has 5 nitrogen and oxygen atoms in total. The first-order valence-corrected chi connectivity index (χ1v) is 11.1. The zero-order valence-electron chi connectivity index (χ0n) is 18.6. The molecule has 2 aliphatic rings. The fourth-order valence-electron chi connectivity index (χ4n) is 4.03. The number of nitrogens with zero attached hydrogens (tertiary/aromatic N) is 4. The average Bonchev–Trinajstić information content (AvgIpc) is 3.06. The van der Waals surface area contributed by atoms with Gasteiger partial charge in [-0.2, -0.15) is 0 Å². The Morgan fingerprint density at radius 1 is 1.10 bits per heavy atom. The SMILES string of the molecule is C#Cc1ccsc1-c1nc2cnccn2c1NC(C)(C)CC(C)(C)C.c1ncc2cc1-2. The number of thiophene rings is 1. The van der Waals surface area contributed by atoms with E-state index in [1.165, 1.54) is 11.1 Å². The van der Waals surface area contributed by atoms with Crippen LogP contribution in [0.2, 0.25) is 0 Å². The van der Waals surface area contributed by atoms with Gasteiger partial charge in [-0.3, -0.25) is 14.4 Å². The molecule has 0 radical (unpaired) electrons. The van der Waals surface area contributed by atoms with Crippen LogP contribution in [-0.4, -0.2) is 24.9 Å². The standard InChI is InChI=1S/C20H24N4S.C5H3N/c1-7-14-8-11-25-17(14)16-18(23-20(5,6)13-19(2,3)4)24-10-9-21-12-15(24)22-16;1-4-2-6-3-5(1)4/h1,8-12,23H,13H2,2-6H3;1-3H. The Kier molecular flexibility index (Phi) is 5.32. The molecule has 3 aromatic rings. The first-order valence-electron chi connectivity index (χ1n) is 10.3. The van der Waals surface area contributed by atoms with Crippen molar-refractivity contribution in [2.75, 3.05) is 5.32 Å². The summed E-state index contributed by atoms with van der Waals surface area (Å²) in [6, 6.07) is 4.07. The molecule has 1 N–H and O–H groups in total. The number of anilines is 1. The van der Waals surface area contributed by atoms with Crippen molar-refractivity contribution in [1.29, 1.82) is 0 Å². The van der Waals surface area contributed by atoms with Crippen LogP contribution in [0, 0.1) is 17.8 Å². The molecule has 0 bridgehead atoms. The van der Waals surface area contributed by atoms with Gasteiger partial charge in [0.25, 0.3) is 0 Å². The summed E-state index contributed by atoms with van der Waals surface area (Å²) in [4.78, 5) is 13.9. The van der Waals surface area contributed by atoms with Crippen molar-refractivity contribution in [3.8, 4) is 34.0 Å². The van der Waals surface area contributed by atoms with Gasteiger partial charge in [0.05, 0.1) is 11.1 Å². The van der Waals surface area contributed by atoms with Crippen molar-refractivity contribution >= 4 is 22.8 Å². The summed E-state index contributed by atoms with van der Waals surface area (Å²) in [5, 5.41) is 5.73.